The average Bonchev–Trinajstić information content (AvgIpc) is 3.30. The van der Waals surface area contributed by atoms with Crippen molar-refractivity contribution in [1.82, 2.24) is 0 Å². The van der Waals surface area contributed by atoms with Crippen molar-refractivity contribution in [3.05, 3.63) is 70.4 Å². The van der Waals surface area contributed by atoms with E-state index in [1.165, 1.54) is 56.4 Å². The zero-order valence-corrected chi connectivity index (χ0v) is 20.6. The topological polar surface area (TPSA) is 15.6 Å². The number of alkyl halides is 3. The molecule has 0 bridgehead atoms. The fraction of sp³-hybridized carbons (Fsp3) is 0.423. The minimum absolute atomic E-state index is 0.335. The summed E-state index contributed by atoms with van der Waals surface area (Å²) in [6, 6.07) is 14.3. The third kappa shape index (κ3) is 9.03. The highest BCUT2D eigenvalue weighted by atomic mass is 32.1. The summed E-state index contributed by atoms with van der Waals surface area (Å²) in [5.41, 5.74) is 1.95. The summed E-state index contributed by atoms with van der Waals surface area (Å²) < 4.78 is 37.4. The predicted octanol–water partition coefficient (Wildman–Crippen LogP) is 8.41. The Morgan fingerprint density at radius 2 is 1.53 bits per heavy atom. The Kier molecular flexibility index (Phi) is 12.1. The Labute approximate surface area is 195 Å². The van der Waals surface area contributed by atoms with Crippen LogP contribution in [0, 0.1) is 0 Å². The Morgan fingerprint density at radius 3 is 2.00 bits per heavy atom. The molecule has 1 fully saturated rings. The van der Waals surface area contributed by atoms with Gasteiger partial charge in [0, 0.05) is 36.3 Å². The number of allylic oxidation sites excluding steroid dienone is 3. The van der Waals surface area contributed by atoms with Crippen LogP contribution >= 0.6 is 11.3 Å². The van der Waals surface area contributed by atoms with E-state index in [2.05, 4.69) is 46.8 Å². The van der Waals surface area contributed by atoms with Crippen molar-refractivity contribution < 1.29 is 13.2 Å². The lowest BCUT2D eigenvalue weighted by molar-refractivity contribution is -0.0912. The second kappa shape index (κ2) is 13.9. The van der Waals surface area contributed by atoms with E-state index in [0.717, 1.165) is 23.5 Å². The number of piperidine rings is 1. The van der Waals surface area contributed by atoms with Crippen LogP contribution in [-0.2, 0) is 0 Å². The largest absolute Gasteiger partial charge is 0.412 e. The van der Waals surface area contributed by atoms with E-state index in [1.807, 2.05) is 26.8 Å². The second-order valence-electron chi connectivity index (χ2n) is 7.26. The van der Waals surface area contributed by atoms with Gasteiger partial charge in [-0.25, -0.2) is 0 Å². The molecule has 32 heavy (non-hydrogen) atoms. The Bertz CT molecular complexity index is 874. The fourth-order valence-electron chi connectivity index (χ4n) is 3.03. The lowest BCUT2D eigenvalue weighted by Crippen LogP contribution is -2.29. The van der Waals surface area contributed by atoms with Crippen LogP contribution in [0.2, 0.25) is 0 Å². The van der Waals surface area contributed by atoms with Crippen LogP contribution in [0.1, 0.15) is 56.7 Å². The van der Waals surface area contributed by atoms with Crippen LogP contribution in [0.15, 0.2) is 65.7 Å². The number of halogens is 3. The molecule has 1 saturated heterocycles. The van der Waals surface area contributed by atoms with E-state index in [9.17, 15) is 13.2 Å². The number of benzene rings is 1. The minimum Gasteiger partial charge on any atom is -0.372 e. The van der Waals surface area contributed by atoms with Crippen molar-refractivity contribution >= 4 is 28.3 Å². The van der Waals surface area contributed by atoms with Crippen LogP contribution in [0.25, 0.3) is 5.57 Å². The van der Waals surface area contributed by atoms with Crippen LogP contribution in [0.5, 0.6) is 0 Å². The highest BCUT2D eigenvalue weighted by Gasteiger charge is 2.30. The van der Waals surface area contributed by atoms with Gasteiger partial charge in [0.15, 0.2) is 0 Å². The Balaban J connectivity index is 0.000000315. The zero-order valence-electron chi connectivity index (χ0n) is 19.8. The molecule has 0 radical (unpaired) electrons. The number of para-hydroxylation sites is 1. The molecule has 1 aliphatic rings. The predicted molar refractivity (Wildman–Crippen MR) is 135 cm³/mol. The maximum Gasteiger partial charge on any atom is 0.412 e. The monoisotopic (exact) mass is 464 g/mol. The first-order valence-electron chi connectivity index (χ1n) is 11.0. The van der Waals surface area contributed by atoms with Gasteiger partial charge in [-0.15, -0.1) is 11.3 Å². The smallest absolute Gasteiger partial charge is 0.372 e. The van der Waals surface area contributed by atoms with E-state index in [1.54, 1.807) is 6.07 Å². The van der Waals surface area contributed by atoms with Crippen LogP contribution < -0.4 is 4.90 Å². The molecule has 0 unspecified atom stereocenters. The second-order valence-corrected chi connectivity index (χ2v) is 8.35. The molecule has 0 amide bonds. The highest BCUT2D eigenvalue weighted by molar-refractivity contribution is 7.15. The van der Waals surface area contributed by atoms with Crippen molar-refractivity contribution in [3.63, 3.8) is 0 Å². The number of rotatable bonds is 4. The molecule has 2 heterocycles. The molecule has 0 saturated carbocycles. The molecule has 1 aromatic heterocycles. The van der Waals surface area contributed by atoms with Gasteiger partial charge in [-0.3, -0.25) is 4.99 Å². The van der Waals surface area contributed by atoms with Crippen molar-refractivity contribution in [1.29, 1.82) is 0 Å². The standard InChI is InChI=1S/C13H14F3NS.C11H15N.C2H6/c1-8(2)11-5-6-12(18-11)10(17-4)7-9(3)13(14,15)16;1-3-7-11(8-4-1)12-9-5-2-6-10-12;1-2/h5-7H,1H2,2-4H3;1,3-4,7-8H,2,5-6,9-10H2;1-2H3/b9-7+,17-10?;;. The average molecular weight is 465 g/mol. The number of thiophene rings is 1. The Hall–Kier alpha value is -2.34. The summed E-state index contributed by atoms with van der Waals surface area (Å²) in [7, 11) is 1.48. The molecule has 2 nitrogen and oxygen atoms in total. The maximum absolute atomic E-state index is 12.5. The van der Waals surface area contributed by atoms with Crippen molar-refractivity contribution in [2.45, 2.75) is 53.1 Å². The maximum atomic E-state index is 12.5. The Morgan fingerprint density at radius 1 is 0.969 bits per heavy atom. The summed E-state index contributed by atoms with van der Waals surface area (Å²) in [6.45, 7) is 13.2. The summed E-state index contributed by atoms with van der Waals surface area (Å²) in [4.78, 5) is 8.04. The van der Waals surface area contributed by atoms with Crippen molar-refractivity contribution in [2.75, 3.05) is 25.0 Å². The van der Waals surface area contributed by atoms with E-state index in [0.29, 0.717) is 10.6 Å². The number of hydrogen-bond donors (Lipinski definition) is 0. The fourth-order valence-corrected chi connectivity index (χ4v) is 3.97. The first kappa shape index (κ1) is 27.7. The van der Waals surface area contributed by atoms with E-state index >= 15 is 0 Å². The van der Waals surface area contributed by atoms with Crippen LogP contribution in [0.4, 0.5) is 18.9 Å². The number of anilines is 1. The summed E-state index contributed by atoms with van der Waals surface area (Å²) >= 11 is 1.38. The number of nitrogens with zero attached hydrogens (tertiary/aromatic N) is 2. The first-order chi connectivity index (χ1) is 15.2. The highest BCUT2D eigenvalue weighted by Crippen LogP contribution is 2.28. The lowest BCUT2D eigenvalue weighted by Gasteiger charge is -2.28. The SMILES string of the molecule is C=C(C)c1ccc(C(/C=C(\C)C(F)(F)F)=NC)s1.CC.c1ccc(N2CCCCC2)cc1. The number of aliphatic imine (C=N–C) groups is 1. The van der Waals surface area contributed by atoms with E-state index in [-0.39, 0.29) is 0 Å². The number of hydrogen-bond acceptors (Lipinski definition) is 3. The molecule has 2 aromatic rings. The van der Waals surface area contributed by atoms with Crippen molar-refractivity contribution in [2.24, 2.45) is 4.99 Å². The lowest BCUT2D eigenvalue weighted by atomic mass is 10.1. The van der Waals surface area contributed by atoms with Gasteiger partial charge in [-0.2, -0.15) is 13.2 Å². The zero-order chi connectivity index (χ0) is 24.1. The molecule has 6 heteroatoms. The minimum atomic E-state index is -4.32. The molecule has 1 aromatic carbocycles. The van der Waals surface area contributed by atoms with Gasteiger partial charge in [0.1, 0.15) is 0 Å². The molecule has 0 spiro atoms. The molecule has 176 valence electrons. The van der Waals surface area contributed by atoms with Gasteiger partial charge in [0.2, 0.25) is 0 Å². The van der Waals surface area contributed by atoms with Gasteiger partial charge in [0.05, 0.1) is 10.6 Å². The van der Waals surface area contributed by atoms with Crippen molar-refractivity contribution in [3.8, 4) is 0 Å². The molecule has 3 rings (SSSR count). The van der Waals surface area contributed by atoms with Gasteiger partial charge < -0.3 is 4.90 Å². The van der Waals surface area contributed by atoms with Gasteiger partial charge in [-0.1, -0.05) is 38.6 Å². The third-order valence-electron chi connectivity index (χ3n) is 4.80. The normalized spacial score (nSPS) is 14.7. The summed E-state index contributed by atoms with van der Waals surface area (Å²) in [6.07, 6.45) is 0.867. The molecule has 0 N–H and O–H groups in total. The summed E-state index contributed by atoms with van der Waals surface area (Å²) in [5, 5.41) is 0. The summed E-state index contributed by atoms with van der Waals surface area (Å²) in [5.74, 6) is 0. The van der Waals surface area contributed by atoms with E-state index in [4.69, 9.17) is 0 Å². The molecule has 1 aliphatic heterocycles. The van der Waals surface area contributed by atoms with Crippen LogP contribution in [-0.4, -0.2) is 32.0 Å². The molecular formula is C26H35F3N2S. The van der Waals surface area contributed by atoms with Gasteiger partial charge >= 0.3 is 6.18 Å². The first-order valence-corrected chi connectivity index (χ1v) is 11.8. The molecular weight excluding hydrogens is 429 g/mol. The molecule has 0 atom stereocenters. The van der Waals surface area contributed by atoms with Gasteiger partial charge in [-0.05, 0) is 69.0 Å². The quantitative estimate of drug-likeness (QED) is 0.415. The van der Waals surface area contributed by atoms with E-state index < -0.39 is 11.7 Å². The van der Waals surface area contributed by atoms with Crippen LogP contribution in [0.3, 0.4) is 0 Å². The van der Waals surface area contributed by atoms with Gasteiger partial charge in [0.25, 0.3) is 0 Å². The third-order valence-corrected chi connectivity index (χ3v) is 6.07. The molecule has 0 aliphatic carbocycles.